The Morgan fingerprint density at radius 3 is 2.65 bits per heavy atom. The summed E-state index contributed by atoms with van der Waals surface area (Å²) >= 11 is 6.02. The van der Waals surface area contributed by atoms with Crippen LogP contribution in [0.1, 0.15) is 22.8 Å². The summed E-state index contributed by atoms with van der Waals surface area (Å²) in [5.41, 5.74) is 5.00. The molecule has 3 rings (SSSR count). The molecular weight excluding hydrogens is 356 g/mol. The molecule has 8 nitrogen and oxygen atoms in total. The van der Waals surface area contributed by atoms with Crippen molar-refractivity contribution in [3.05, 3.63) is 64.9 Å². The molecule has 9 heteroatoms. The van der Waals surface area contributed by atoms with Crippen LogP contribution in [0.4, 0.5) is 0 Å². The van der Waals surface area contributed by atoms with E-state index in [4.69, 9.17) is 16.3 Å². The minimum absolute atomic E-state index is 0.339. The van der Waals surface area contributed by atoms with Crippen molar-refractivity contribution in [1.29, 1.82) is 0 Å². The first-order chi connectivity index (χ1) is 12.6. The lowest BCUT2D eigenvalue weighted by Crippen LogP contribution is -2.19. The number of amides is 1. The molecule has 0 atom stereocenters. The van der Waals surface area contributed by atoms with Crippen LogP contribution in [0.3, 0.4) is 0 Å². The van der Waals surface area contributed by atoms with Crippen molar-refractivity contribution in [2.75, 3.05) is 7.11 Å². The van der Waals surface area contributed by atoms with Gasteiger partial charge in [-0.25, -0.2) is 10.1 Å². The summed E-state index contributed by atoms with van der Waals surface area (Å²) in [5, 5.41) is 15.6. The zero-order valence-electron chi connectivity index (χ0n) is 14.0. The molecule has 0 saturated carbocycles. The Bertz CT molecular complexity index is 938. The number of methoxy groups -OCH3 is 1. The van der Waals surface area contributed by atoms with E-state index in [1.165, 1.54) is 11.0 Å². The number of halogens is 1. The number of aromatic nitrogens is 4. The van der Waals surface area contributed by atoms with Crippen LogP contribution in [0.2, 0.25) is 5.02 Å². The van der Waals surface area contributed by atoms with Crippen LogP contribution >= 0.6 is 11.6 Å². The van der Waals surface area contributed by atoms with Crippen LogP contribution in [0.5, 0.6) is 5.75 Å². The van der Waals surface area contributed by atoms with Crippen LogP contribution in [0, 0.1) is 0 Å². The van der Waals surface area contributed by atoms with Gasteiger partial charge >= 0.3 is 0 Å². The minimum Gasteiger partial charge on any atom is -0.496 e. The summed E-state index contributed by atoms with van der Waals surface area (Å²) in [6.07, 6.45) is 1.47. The van der Waals surface area contributed by atoms with E-state index < -0.39 is 0 Å². The zero-order chi connectivity index (χ0) is 18.5. The fourth-order valence-corrected chi connectivity index (χ4v) is 2.44. The third-order valence-electron chi connectivity index (χ3n) is 3.62. The molecule has 0 spiro atoms. The van der Waals surface area contributed by atoms with Gasteiger partial charge in [0.1, 0.15) is 12.1 Å². The molecule has 0 radical (unpaired) electrons. The average Bonchev–Trinajstić information content (AvgIpc) is 3.20. The monoisotopic (exact) mass is 370 g/mol. The van der Waals surface area contributed by atoms with E-state index in [2.05, 4.69) is 26.1 Å². The molecule has 1 aromatic heterocycles. The maximum Gasteiger partial charge on any atom is 0.271 e. The maximum atomic E-state index is 12.3. The van der Waals surface area contributed by atoms with Crippen molar-refractivity contribution < 1.29 is 9.53 Å². The topological polar surface area (TPSA) is 94.3 Å². The number of hydrogen-bond donors (Lipinski definition) is 1. The lowest BCUT2D eigenvalue weighted by Gasteiger charge is -2.09. The molecule has 1 heterocycles. The second-order valence-electron chi connectivity index (χ2n) is 5.28. The van der Waals surface area contributed by atoms with Gasteiger partial charge < -0.3 is 4.74 Å². The Labute approximate surface area is 154 Å². The predicted octanol–water partition coefficient (Wildman–Crippen LogP) is 2.48. The van der Waals surface area contributed by atoms with Gasteiger partial charge in [0.05, 0.1) is 18.5 Å². The number of carbonyl (C=O) groups excluding carboxylic acids is 1. The minimum atomic E-state index is -0.339. The Balaban J connectivity index is 1.73. The zero-order valence-corrected chi connectivity index (χ0v) is 14.8. The lowest BCUT2D eigenvalue weighted by molar-refractivity contribution is 0.0955. The molecular formula is C17H15ClN6O2. The summed E-state index contributed by atoms with van der Waals surface area (Å²) in [7, 11) is 1.56. The number of ether oxygens (including phenoxy) is 1. The molecule has 0 aliphatic heterocycles. The smallest absolute Gasteiger partial charge is 0.271 e. The van der Waals surface area contributed by atoms with Crippen molar-refractivity contribution in [3.8, 4) is 11.4 Å². The molecule has 3 aromatic rings. The summed E-state index contributed by atoms with van der Waals surface area (Å²) in [4.78, 5) is 12.3. The van der Waals surface area contributed by atoms with Gasteiger partial charge in [0.2, 0.25) is 0 Å². The van der Waals surface area contributed by atoms with Gasteiger partial charge in [0.25, 0.3) is 5.91 Å². The Kier molecular flexibility index (Phi) is 5.23. The van der Waals surface area contributed by atoms with Crippen LogP contribution in [0.25, 0.3) is 5.69 Å². The molecule has 0 aliphatic rings. The quantitative estimate of drug-likeness (QED) is 0.550. The second kappa shape index (κ2) is 7.75. The highest BCUT2D eigenvalue weighted by molar-refractivity contribution is 6.31. The first kappa shape index (κ1) is 17.6. The van der Waals surface area contributed by atoms with Crippen molar-refractivity contribution in [1.82, 2.24) is 25.6 Å². The predicted molar refractivity (Wildman–Crippen MR) is 96.8 cm³/mol. The number of hydrazone groups is 1. The van der Waals surface area contributed by atoms with E-state index in [1.807, 2.05) is 0 Å². The SMILES string of the molecule is COc1ccc(Cl)cc1/C(C)=N\NC(=O)c1ccc(-n2cnnn2)cc1. The van der Waals surface area contributed by atoms with Crippen LogP contribution < -0.4 is 10.2 Å². The summed E-state index contributed by atoms with van der Waals surface area (Å²) in [6.45, 7) is 1.76. The molecule has 1 N–H and O–H groups in total. The van der Waals surface area contributed by atoms with E-state index in [1.54, 1.807) is 56.5 Å². The Morgan fingerprint density at radius 1 is 1.23 bits per heavy atom. The third-order valence-corrected chi connectivity index (χ3v) is 3.85. The number of carbonyl (C=O) groups is 1. The Hall–Kier alpha value is -3.26. The van der Waals surface area contributed by atoms with Gasteiger partial charge in [-0.2, -0.15) is 5.10 Å². The normalized spacial score (nSPS) is 11.3. The number of tetrazole rings is 1. The summed E-state index contributed by atoms with van der Waals surface area (Å²) in [6, 6.07) is 12.0. The van der Waals surface area contributed by atoms with Crippen LogP contribution in [-0.4, -0.2) is 38.9 Å². The molecule has 0 aliphatic carbocycles. The number of benzene rings is 2. The van der Waals surface area contributed by atoms with Crippen molar-refractivity contribution in [2.24, 2.45) is 5.10 Å². The highest BCUT2D eigenvalue weighted by Crippen LogP contribution is 2.23. The van der Waals surface area contributed by atoms with E-state index in [0.717, 1.165) is 5.69 Å². The van der Waals surface area contributed by atoms with Gasteiger partial charge in [-0.3, -0.25) is 4.79 Å². The van der Waals surface area contributed by atoms with Crippen LogP contribution in [-0.2, 0) is 0 Å². The molecule has 132 valence electrons. The molecule has 0 bridgehead atoms. The lowest BCUT2D eigenvalue weighted by atomic mass is 10.1. The molecule has 0 fully saturated rings. The highest BCUT2D eigenvalue weighted by Gasteiger charge is 2.09. The van der Waals surface area contributed by atoms with Gasteiger partial charge in [-0.05, 0) is 59.8 Å². The number of rotatable bonds is 5. The van der Waals surface area contributed by atoms with E-state index in [-0.39, 0.29) is 5.91 Å². The first-order valence-corrected chi connectivity index (χ1v) is 7.98. The van der Waals surface area contributed by atoms with Crippen molar-refractivity contribution in [3.63, 3.8) is 0 Å². The molecule has 1 amide bonds. The maximum absolute atomic E-state index is 12.3. The van der Waals surface area contributed by atoms with E-state index in [9.17, 15) is 4.79 Å². The fourth-order valence-electron chi connectivity index (χ4n) is 2.27. The second-order valence-corrected chi connectivity index (χ2v) is 5.72. The summed E-state index contributed by atoms with van der Waals surface area (Å²) < 4.78 is 6.79. The highest BCUT2D eigenvalue weighted by atomic mass is 35.5. The van der Waals surface area contributed by atoms with Gasteiger partial charge in [0, 0.05) is 16.1 Å². The van der Waals surface area contributed by atoms with Gasteiger partial charge in [-0.1, -0.05) is 11.6 Å². The molecule has 2 aromatic carbocycles. The molecule has 0 saturated heterocycles. The standard InChI is InChI=1S/C17H15ClN6O2/c1-11(15-9-13(18)5-8-16(15)26-2)20-21-17(25)12-3-6-14(7-4-12)24-10-19-22-23-24/h3-10H,1-2H3,(H,21,25)/b20-11-. The number of hydrogen-bond acceptors (Lipinski definition) is 6. The van der Waals surface area contributed by atoms with E-state index in [0.29, 0.717) is 27.6 Å². The largest absolute Gasteiger partial charge is 0.496 e. The van der Waals surface area contributed by atoms with Crippen molar-refractivity contribution in [2.45, 2.75) is 6.92 Å². The molecule has 0 unspecified atom stereocenters. The summed E-state index contributed by atoms with van der Waals surface area (Å²) in [5.74, 6) is 0.282. The van der Waals surface area contributed by atoms with Crippen LogP contribution in [0.15, 0.2) is 53.9 Å². The number of nitrogens with zero attached hydrogens (tertiary/aromatic N) is 5. The fraction of sp³-hybridized carbons (Fsp3) is 0.118. The average molecular weight is 371 g/mol. The van der Waals surface area contributed by atoms with E-state index >= 15 is 0 Å². The van der Waals surface area contributed by atoms with Crippen molar-refractivity contribution >= 4 is 23.2 Å². The first-order valence-electron chi connectivity index (χ1n) is 7.60. The number of nitrogens with one attached hydrogen (secondary N) is 1. The molecule has 26 heavy (non-hydrogen) atoms. The van der Waals surface area contributed by atoms with Gasteiger partial charge in [-0.15, -0.1) is 5.10 Å². The third kappa shape index (κ3) is 3.86. The van der Waals surface area contributed by atoms with Gasteiger partial charge in [0.15, 0.2) is 0 Å². The Morgan fingerprint density at radius 2 is 2.00 bits per heavy atom.